The largest absolute Gasteiger partial charge is 0.493 e. The fourth-order valence-corrected chi connectivity index (χ4v) is 4.16. The van der Waals surface area contributed by atoms with Gasteiger partial charge in [0.1, 0.15) is 5.65 Å². The van der Waals surface area contributed by atoms with Crippen LogP contribution >= 0.6 is 0 Å². The van der Waals surface area contributed by atoms with Crippen molar-refractivity contribution in [1.29, 1.82) is 0 Å². The zero-order valence-corrected chi connectivity index (χ0v) is 20.5. The topological polar surface area (TPSA) is 139 Å². The Balaban J connectivity index is 1.64. The molecule has 2 heterocycles. The van der Waals surface area contributed by atoms with Crippen LogP contribution in [-0.4, -0.2) is 51.0 Å². The lowest BCUT2D eigenvalue weighted by Crippen LogP contribution is -2.12. The number of sulfonamides is 1. The van der Waals surface area contributed by atoms with Crippen LogP contribution in [0.2, 0.25) is 0 Å². The van der Waals surface area contributed by atoms with Gasteiger partial charge in [0, 0.05) is 29.4 Å². The van der Waals surface area contributed by atoms with Crippen molar-refractivity contribution < 1.29 is 22.6 Å². The van der Waals surface area contributed by atoms with Crippen LogP contribution in [0.4, 0.5) is 23.0 Å². The highest BCUT2D eigenvalue weighted by Gasteiger charge is 2.15. The minimum Gasteiger partial charge on any atom is -0.493 e. The molecule has 0 fully saturated rings. The molecule has 11 nitrogen and oxygen atoms in total. The van der Waals surface area contributed by atoms with Crippen molar-refractivity contribution in [2.45, 2.75) is 6.54 Å². The molecule has 0 unspecified atom stereocenters. The molecule has 2 aromatic heterocycles. The van der Waals surface area contributed by atoms with E-state index in [9.17, 15) is 8.42 Å². The highest BCUT2D eigenvalue weighted by atomic mass is 32.2. The maximum atomic E-state index is 11.7. The highest BCUT2D eigenvalue weighted by molar-refractivity contribution is 7.92. The van der Waals surface area contributed by atoms with Crippen LogP contribution < -0.4 is 29.6 Å². The van der Waals surface area contributed by atoms with Crippen LogP contribution in [0.25, 0.3) is 11.0 Å². The third-order valence-electron chi connectivity index (χ3n) is 5.08. The molecule has 0 aliphatic carbocycles. The van der Waals surface area contributed by atoms with Crippen LogP contribution in [-0.2, 0) is 16.6 Å². The Hall–Kier alpha value is -4.19. The summed E-state index contributed by atoms with van der Waals surface area (Å²) in [6, 6.07) is 12.5. The molecule has 4 N–H and O–H groups in total. The van der Waals surface area contributed by atoms with E-state index >= 15 is 0 Å². The Morgan fingerprint density at radius 2 is 1.63 bits per heavy atom. The maximum Gasteiger partial charge on any atom is 0.229 e. The van der Waals surface area contributed by atoms with Gasteiger partial charge in [-0.25, -0.2) is 13.4 Å². The van der Waals surface area contributed by atoms with Gasteiger partial charge in [-0.05, 0) is 18.2 Å². The van der Waals surface area contributed by atoms with Crippen molar-refractivity contribution in [2.75, 3.05) is 42.9 Å². The Kier molecular flexibility index (Phi) is 6.82. The van der Waals surface area contributed by atoms with Gasteiger partial charge in [-0.2, -0.15) is 4.98 Å². The smallest absolute Gasteiger partial charge is 0.229 e. The van der Waals surface area contributed by atoms with Crippen LogP contribution in [0.15, 0.2) is 48.7 Å². The normalized spacial score (nSPS) is 11.2. The Morgan fingerprint density at radius 3 is 2.26 bits per heavy atom. The van der Waals surface area contributed by atoms with Crippen molar-refractivity contribution in [2.24, 2.45) is 0 Å². The average Bonchev–Trinajstić information content (AvgIpc) is 3.30. The second-order valence-corrected chi connectivity index (χ2v) is 9.29. The molecule has 0 bridgehead atoms. The van der Waals surface area contributed by atoms with Crippen molar-refractivity contribution in [3.63, 3.8) is 0 Å². The zero-order chi connectivity index (χ0) is 25.0. The average molecular weight is 499 g/mol. The third-order valence-corrected chi connectivity index (χ3v) is 5.67. The van der Waals surface area contributed by atoms with Crippen molar-refractivity contribution in [3.05, 3.63) is 54.4 Å². The van der Waals surface area contributed by atoms with E-state index in [1.165, 1.54) is 0 Å². The quantitative estimate of drug-likeness (QED) is 0.258. The number of benzene rings is 2. The zero-order valence-electron chi connectivity index (χ0n) is 19.7. The molecule has 0 radical (unpaired) electrons. The van der Waals surface area contributed by atoms with Crippen LogP contribution in [0, 0.1) is 0 Å². The first kappa shape index (κ1) is 24.0. The number of para-hydroxylation sites is 2. The van der Waals surface area contributed by atoms with Gasteiger partial charge in [0.25, 0.3) is 0 Å². The van der Waals surface area contributed by atoms with Gasteiger partial charge in [0.15, 0.2) is 11.5 Å². The number of hydrogen-bond acceptors (Lipinski definition) is 9. The van der Waals surface area contributed by atoms with Crippen molar-refractivity contribution in [3.8, 4) is 17.2 Å². The summed E-state index contributed by atoms with van der Waals surface area (Å²) in [4.78, 5) is 12.4. The monoisotopic (exact) mass is 498 g/mol. The Bertz CT molecular complexity index is 1430. The molecule has 0 atom stereocenters. The molecule has 2 aromatic carbocycles. The summed E-state index contributed by atoms with van der Waals surface area (Å²) in [5, 5.41) is 7.29. The number of H-pyrrole nitrogens is 1. The van der Waals surface area contributed by atoms with Gasteiger partial charge in [-0.15, -0.1) is 0 Å². The lowest BCUT2D eigenvalue weighted by atomic mass is 10.2. The number of fused-ring (bicyclic) bond motifs is 1. The lowest BCUT2D eigenvalue weighted by Gasteiger charge is -2.15. The molecule has 0 saturated heterocycles. The summed E-state index contributed by atoms with van der Waals surface area (Å²) >= 11 is 0. The number of ether oxygens (including phenoxy) is 3. The number of anilines is 4. The molecule has 4 rings (SSSR count). The maximum absolute atomic E-state index is 11.7. The van der Waals surface area contributed by atoms with Gasteiger partial charge in [0.05, 0.1) is 51.2 Å². The minimum atomic E-state index is -3.43. The highest BCUT2D eigenvalue weighted by Crippen LogP contribution is 2.40. The molecule has 4 aromatic rings. The second-order valence-electron chi connectivity index (χ2n) is 7.55. The molecule has 12 heteroatoms. The SMILES string of the molecule is COc1cc(Nc2nc(CNc3ccccc3NS(C)(=O)=O)c3cc[nH]c3n2)cc(OC)c1OC. The number of rotatable bonds is 10. The fraction of sp³-hybridized carbons (Fsp3) is 0.217. The van der Waals surface area contributed by atoms with Gasteiger partial charge in [-0.1, -0.05) is 12.1 Å². The predicted octanol–water partition coefficient (Wildman–Crippen LogP) is 3.71. The molecule has 0 amide bonds. The van der Waals surface area contributed by atoms with E-state index in [-0.39, 0.29) is 0 Å². The molecular weight excluding hydrogens is 472 g/mol. The molecule has 0 aliphatic rings. The van der Waals surface area contributed by atoms with E-state index in [0.29, 0.717) is 58.1 Å². The van der Waals surface area contributed by atoms with Crippen LogP contribution in [0.5, 0.6) is 17.2 Å². The number of methoxy groups -OCH3 is 3. The molecule has 0 spiro atoms. The summed E-state index contributed by atoms with van der Waals surface area (Å²) in [6.07, 6.45) is 2.89. The standard InChI is InChI=1S/C23H26N6O5S/c1-32-19-11-14(12-20(33-2)21(19)34-3)26-23-27-18(15-9-10-24-22(15)28-23)13-25-16-7-5-6-8-17(16)29-35(4,30)31/h5-12,25,29H,13H2,1-4H3,(H2,24,26,27,28). The van der Waals surface area contributed by atoms with Crippen molar-refractivity contribution >= 4 is 44.1 Å². The van der Waals surface area contributed by atoms with E-state index in [1.54, 1.807) is 57.9 Å². The summed E-state index contributed by atoms with van der Waals surface area (Å²) in [7, 11) is 1.20. The second kappa shape index (κ2) is 9.97. The van der Waals surface area contributed by atoms with Gasteiger partial charge >= 0.3 is 0 Å². The molecule has 184 valence electrons. The number of nitrogens with zero attached hydrogens (tertiary/aromatic N) is 2. The summed E-state index contributed by atoms with van der Waals surface area (Å²) in [6.45, 7) is 0.323. The number of aromatic nitrogens is 3. The first-order chi connectivity index (χ1) is 16.8. The van der Waals surface area contributed by atoms with Gasteiger partial charge < -0.3 is 29.8 Å². The summed E-state index contributed by atoms with van der Waals surface area (Å²) < 4.78 is 42.2. The van der Waals surface area contributed by atoms with E-state index in [0.717, 1.165) is 11.6 Å². The Labute approximate surface area is 202 Å². The minimum absolute atomic E-state index is 0.323. The van der Waals surface area contributed by atoms with Crippen LogP contribution in [0.3, 0.4) is 0 Å². The molecule has 35 heavy (non-hydrogen) atoms. The summed E-state index contributed by atoms with van der Waals surface area (Å²) in [5.41, 5.74) is 3.08. The van der Waals surface area contributed by atoms with E-state index in [1.807, 2.05) is 12.1 Å². The lowest BCUT2D eigenvalue weighted by molar-refractivity contribution is 0.324. The summed E-state index contributed by atoms with van der Waals surface area (Å²) in [5.74, 6) is 1.82. The third kappa shape index (κ3) is 5.49. The molecular formula is C23H26N6O5S. The first-order valence-electron chi connectivity index (χ1n) is 10.5. The van der Waals surface area contributed by atoms with Gasteiger partial charge in [-0.3, -0.25) is 4.72 Å². The fourth-order valence-electron chi connectivity index (χ4n) is 3.58. The molecule has 0 saturated carbocycles. The molecule has 0 aliphatic heterocycles. The van der Waals surface area contributed by atoms with Crippen molar-refractivity contribution in [1.82, 2.24) is 15.0 Å². The number of aromatic amines is 1. The van der Waals surface area contributed by atoms with E-state index < -0.39 is 10.0 Å². The van der Waals surface area contributed by atoms with Gasteiger partial charge in [0.2, 0.25) is 21.7 Å². The first-order valence-corrected chi connectivity index (χ1v) is 12.4. The van der Waals surface area contributed by atoms with Crippen LogP contribution in [0.1, 0.15) is 5.69 Å². The number of nitrogens with one attached hydrogen (secondary N) is 4. The Morgan fingerprint density at radius 1 is 0.943 bits per heavy atom. The van der Waals surface area contributed by atoms with E-state index in [2.05, 4.69) is 30.3 Å². The predicted molar refractivity (Wildman–Crippen MR) is 136 cm³/mol. The van der Waals surface area contributed by atoms with E-state index in [4.69, 9.17) is 14.2 Å². The number of hydrogen-bond donors (Lipinski definition) is 4.